The fourth-order valence-electron chi connectivity index (χ4n) is 3.69. The molecule has 2 aliphatic heterocycles. The Balaban J connectivity index is 1.56. The molecule has 2 saturated heterocycles. The number of rotatable bonds is 6. The molecule has 1 aromatic rings. The van der Waals surface area contributed by atoms with Crippen molar-refractivity contribution in [3.05, 3.63) is 29.8 Å². The molecule has 0 radical (unpaired) electrons. The number of nitrogens with zero attached hydrogens (tertiary/aromatic N) is 2. The van der Waals surface area contributed by atoms with Crippen LogP contribution in [0.5, 0.6) is 0 Å². The number of sulfonamides is 1. The van der Waals surface area contributed by atoms with Gasteiger partial charge in [-0.3, -0.25) is 14.5 Å². The molecule has 0 spiro atoms. The lowest BCUT2D eigenvalue weighted by molar-refractivity contribution is -0.122. The summed E-state index contributed by atoms with van der Waals surface area (Å²) in [7, 11) is -3.75. The van der Waals surface area contributed by atoms with Crippen molar-refractivity contribution in [2.45, 2.75) is 37.6 Å². The monoisotopic (exact) mass is 422 g/mol. The number of hydrogen-bond acceptors (Lipinski definition) is 5. The van der Waals surface area contributed by atoms with Crippen LogP contribution < -0.4 is 10.6 Å². The zero-order valence-corrected chi connectivity index (χ0v) is 17.9. The van der Waals surface area contributed by atoms with Crippen LogP contribution in [0.3, 0.4) is 0 Å². The van der Waals surface area contributed by atoms with E-state index in [-0.39, 0.29) is 35.8 Å². The van der Waals surface area contributed by atoms with Crippen LogP contribution in [-0.4, -0.2) is 74.7 Å². The van der Waals surface area contributed by atoms with Gasteiger partial charge in [-0.25, -0.2) is 8.42 Å². The first-order chi connectivity index (χ1) is 13.8. The van der Waals surface area contributed by atoms with Gasteiger partial charge in [-0.05, 0) is 63.0 Å². The van der Waals surface area contributed by atoms with Crippen LogP contribution in [0, 0.1) is 5.92 Å². The molecule has 29 heavy (non-hydrogen) atoms. The van der Waals surface area contributed by atoms with E-state index in [1.165, 1.54) is 37.1 Å². The average molecular weight is 423 g/mol. The van der Waals surface area contributed by atoms with Gasteiger partial charge in [-0.15, -0.1) is 0 Å². The third kappa shape index (κ3) is 5.34. The quantitative estimate of drug-likeness (QED) is 0.702. The van der Waals surface area contributed by atoms with Crippen LogP contribution >= 0.6 is 0 Å². The summed E-state index contributed by atoms with van der Waals surface area (Å²) in [6.07, 6.45) is 2.37. The van der Waals surface area contributed by atoms with E-state index in [2.05, 4.69) is 29.4 Å². The molecule has 1 atom stereocenters. The van der Waals surface area contributed by atoms with Crippen molar-refractivity contribution < 1.29 is 18.0 Å². The highest BCUT2D eigenvalue weighted by Crippen LogP contribution is 2.19. The van der Waals surface area contributed by atoms with Crippen LogP contribution in [0.25, 0.3) is 0 Å². The molecule has 0 aliphatic carbocycles. The van der Waals surface area contributed by atoms with Gasteiger partial charge in [0.05, 0.1) is 11.4 Å². The number of benzene rings is 1. The first kappa shape index (κ1) is 21.7. The molecular weight excluding hydrogens is 392 g/mol. The van der Waals surface area contributed by atoms with Gasteiger partial charge in [-0.1, -0.05) is 6.92 Å². The van der Waals surface area contributed by atoms with E-state index in [9.17, 15) is 18.0 Å². The van der Waals surface area contributed by atoms with Crippen molar-refractivity contribution in [1.82, 2.24) is 19.8 Å². The lowest BCUT2D eigenvalue weighted by Gasteiger charge is -2.35. The molecule has 2 aliphatic rings. The molecule has 1 unspecified atom stereocenters. The lowest BCUT2D eigenvalue weighted by atomic mass is 9.98. The summed E-state index contributed by atoms with van der Waals surface area (Å²) in [6, 6.07) is 6.13. The van der Waals surface area contributed by atoms with E-state index in [0.29, 0.717) is 18.7 Å². The highest BCUT2D eigenvalue weighted by Gasteiger charge is 2.29. The molecular formula is C20H30N4O4S. The van der Waals surface area contributed by atoms with Crippen molar-refractivity contribution in [3.8, 4) is 0 Å². The number of carbonyl (C=O) groups is 2. The third-order valence-corrected chi connectivity index (χ3v) is 7.62. The van der Waals surface area contributed by atoms with Crippen molar-refractivity contribution in [2.75, 3.05) is 39.3 Å². The van der Waals surface area contributed by atoms with E-state index in [0.717, 1.165) is 23.3 Å². The Bertz CT molecular complexity index is 833. The maximum Gasteiger partial charge on any atom is 0.251 e. The summed E-state index contributed by atoms with van der Waals surface area (Å²) < 4.78 is 26.5. The van der Waals surface area contributed by atoms with Crippen LogP contribution in [0.1, 0.15) is 37.0 Å². The Morgan fingerprint density at radius 1 is 1.21 bits per heavy atom. The second-order valence-corrected chi connectivity index (χ2v) is 9.93. The normalized spacial score (nSPS) is 20.8. The van der Waals surface area contributed by atoms with Gasteiger partial charge in [0.1, 0.15) is 0 Å². The van der Waals surface area contributed by atoms with Gasteiger partial charge in [-0.2, -0.15) is 4.31 Å². The Kier molecular flexibility index (Phi) is 6.92. The lowest BCUT2D eigenvalue weighted by Crippen LogP contribution is -2.49. The zero-order chi connectivity index (χ0) is 21.0. The van der Waals surface area contributed by atoms with Crippen LogP contribution in [0.15, 0.2) is 29.2 Å². The first-order valence-electron chi connectivity index (χ1n) is 10.2. The summed E-state index contributed by atoms with van der Waals surface area (Å²) in [6.45, 7) is 7.40. The van der Waals surface area contributed by atoms with E-state index < -0.39 is 10.0 Å². The minimum atomic E-state index is -3.75. The molecule has 0 saturated carbocycles. The fraction of sp³-hybridized carbons (Fsp3) is 0.600. The predicted molar refractivity (Wildman–Crippen MR) is 110 cm³/mol. The molecule has 0 bridgehead atoms. The molecule has 2 amide bonds. The third-order valence-electron chi connectivity index (χ3n) is 5.76. The second kappa shape index (κ2) is 9.23. The van der Waals surface area contributed by atoms with Crippen LogP contribution in [0.4, 0.5) is 0 Å². The zero-order valence-electron chi connectivity index (χ0n) is 17.1. The van der Waals surface area contributed by atoms with E-state index in [4.69, 9.17) is 0 Å². The van der Waals surface area contributed by atoms with Crippen LogP contribution in [0.2, 0.25) is 0 Å². The van der Waals surface area contributed by atoms with Gasteiger partial charge in [0.25, 0.3) is 5.91 Å². The number of piperidine rings is 1. The highest BCUT2D eigenvalue weighted by atomic mass is 32.2. The Morgan fingerprint density at radius 3 is 2.48 bits per heavy atom. The molecule has 3 rings (SSSR count). The number of piperazine rings is 1. The van der Waals surface area contributed by atoms with Crippen molar-refractivity contribution in [2.24, 2.45) is 5.92 Å². The summed E-state index contributed by atoms with van der Waals surface area (Å²) in [4.78, 5) is 26.4. The average Bonchev–Trinajstić information content (AvgIpc) is 2.72. The van der Waals surface area contributed by atoms with Crippen molar-refractivity contribution in [1.29, 1.82) is 0 Å². The second-order valence-electron chi connectivity index (χ2n) is 7.99. The molecule has 8 nitrogen and oxygen atoms in total. The topological polar surface area (TPSA) is 98.8 Å². The summed E-state index contributed by atoms with van der Waals surface area (Å²) >= 11 is 0. The summed E-state index contributed by atoms with van der Waals surface area (Å²) in [5.74, 6) is 0.235. The minimum Gasteiger partial charge on any atom is -0.354 e. The van der Waals surface area contributed by atoms with E-state index >= 15 is 0 Å². The smallest absolute Gasteiger partial charge is 0.251 e. The van der Waals surface area contributed by atoms with Gasteiger partial charge in [0.2, 0.25) is 15.9 Å². The number of hydrogen-bond donors (Lipinski definition) is 2. The van der Waals surface area contributed by atoms with E-state index in [1.54, 1.807) is 0 Å². The maximum atomic E-state index is 12.7. The molecule has 160 valence electrons. The highest BCUT2D eigenvalue weighted by molar-refractivity contribution is 7.89. The molecule has 1 aromatic carbocycles. The number of amides is 2. The SMILES string of the molecule is CC1CCN(C(C)CNC(=O)c2ccc(S(=O)(=O)N3CCNC(=O)C3)cc2)CC1. The Hall–Kier alpha value is -1.97. The van der Waals surface area contributed by atoms with Crippen LogP contribution in [-0.2, 0) is 14.8 Å². The molecule has 9 heteroatoms. The molecule has 2 fully saturated rings. The van der Waals surface area contributed by atoms with E-state index in [1.807, 2.05) is 0 Å². The summed E-state index contributed by atoms with van der Waals surface area (Å²) in [5, 5.41) is 5.55. The van der Waals surface area contributed by atoms with Gasteiger partial charge in [0.15, 0.2) is 0 Å². The minimum absolute atomic E-state index is 0.0829. The molecule has 0 aromatic heterocycles. The van der Waals surface area contributed by atoms with Gasteiger partial charge < -0.3 is 10.6 Å². The fourth-order valence-corrected chi connectivity index (χ4v) is 5.09. The summed E-state index contributed by atoms with van der Waals surface area (Å²) in [5.41, 5.74) is 0.416. The standard InChI is InChI=1S/C20H30N4O4S/c1-15-7-10-23(11-8-15)16(2)13-22-20(26)17-3-5-18(6-4-17)29(27,28)24-12-9-21-19(25)14-24/h3-6,15-16H,7-14H2,1-2H3,(H,21,25)(H,22,26). The molecule has 2 heterocycles. The molecule has 2 N–H and O–H groups in total. The number of carbonyl (C=O) groups excluding carboxylic acids is 2. The van der Waals surface area contributed by atoms with Crippen molar-refractivity contribution in [3.63, 3.8) is 0 Å². The van der Waals surface area contributed by atoms with Crippen molar-refractivity contribution >= 4 is 21.8 Å². The van der Waals surface area contributed by atoms with Gasteiger partial charge in [0, 0.05) is 31.2 Å². The number of nitrogens with one attached hydrogen (secondary N) is 2. The Labute approximate surface area is 172 Å². The predicted octanol–water partition coefficient (Wildman–Crippen LogP) is 0.657. The Morgan fingerprint density at radius 2 is 1.86 bits per heavy atom. The maximum absolute atomic E-state index is 12.7. The first-order valence-corrected chi connectivity index (χ1v) is 11.6. The number of likely N-dealkylation sites (tertiary alicyclic amines) is 1. The largest absolute Gasteiger partial charge is 0.354 e. The van der Waals surface area contributed by atoms with Gasteiger partial charge >= 0.3 is 0 Å².